The van der Waals surface area contributed by atoms with Crippen molar-refractivity contribution in [2.45, 2.75) is 30.9 Å². The molecule has 5 nitrogen and oxygen atoms in total. The molecule has 1 aromatic heterocycles. The topological polar surface area (TPSA) is 58.4 Å². The number of likely N-dealkylation sites (tertiary alicyclic amines) is 1. The maximum atomic E-state index is 11.9. The maximum Gasteiger partial charge on any atom is 0.240 e. The summed E-state index contributed by atoms with van der Waals surface area (Å²) in [5, 5.41) is 13.5. The predicted molar refractivity (Wildman–Crippen MR) is 63.8 cm³/mol. The van der Waals surface area contributed by atoms with Crippen molar-refractivity contribution in [1.29, 1.82) is 0 Å². The number of rotatable bonds is 3. The second-order valence-corrected chi connectivity index (χ2v) is 4.77. The Balaban J connectivity index is 2.05. The molecule has 1 aliphatic rings. The number of β-amino-alcohol motifs (C(OH)–C–C–N with tert-alkyl or cyclic N) is 1. The van der Waals surface area contributed by atoms with Gasteiger partial charge < -0.3 is 10.0 Å². The standard InChI is InChI=1S/C11H16ClN3O2/c1-2-8(12)11(17)14-6-9(10(16)7-14)15-5-3-4-13-15/h3-5,8-10,16H,2,6-7H2,1H3. The molecule has 17 heavy (non-hydrogen) atoms. The van der Waals surface area contributed by atoms with E-state index in [9.17, 15) is 9.90 Å². The summed E-state index contributed by atoms with van der Waals surface area (Å²) in [5.41, 5.74) is 0. The second kappa shape index (κ2) is 5.06. The first kappa shape index (κ1) is 12.4. The molecule has 1 aromatic rings. The molecule has 0 bridgehead atoms. The number of aromatic nitrogens is 2. The Morgan fingerprint density at radius 3 is 3.00 bits per heavy atom. The lowest BCUT2D eigenvalue weighted by atomic mass is 10.2. The fraction of sp³-hybridized carbons (Fsp3) is 0.636. The zero-order valence-corrected chi connectivity index (χ0v) is 10.4. The lowest BCUT2D eigenvalue weighted by molar-refractivity contribution is -0.130. The fourth-order valence-corrected chi connectivity index (χ4v) is 2.20. The van der Waals surface area contributed by atoms with Gasteiger partial charge in [-0.15, -0.1) is 11.6 Å². The Morgan fingerprint density at radius 2 is 2.41 bits per heavy atom. The van der Waals surface area contributed by atoms with Crippen molar-refractivity contribution in [3.8, 4) is 0 Å². The van der Waals surface area contributed by atoms with Crippen molar-refractivity contribution < 1.29 is 9.90 Å². The molecule has 3 atom stereocenters. The lowest BCUT2D eigenvalue weighted by Gasteiger charge is -2.18. The Bertz CT molecular complexity index is 382. The third-order valence-corrected chi connectivity index (χ3v) is 3.56. The maximum absolute atomic E-state index is 11.9. The zero-order chi connectivity index (χ0) is 12.4. The van der Waals surface area contributed by atoms with Crippen LogP contribution in [0, 0.1) is 0 Å². The zero-order valence-electron chi connectivity index (χ0n) is 9.66. The largest absolute Gasteiger partial charge is 0.389 e. The molecular formula is C11H16ClN3O2. The van der Waals surface area contributed by atoms with Crippen molar-refractivity contribution in [3.63, 3.8) is 0 Å². The highest BCUT2D eigenvalue weighted by Crippen LogP contribution is 2.23. The van der Waals surface area contributed by atoms with E-state index >= 15 is 0 Å². The Morgan fingerprint density at radius 1 is 1.65 bits per heavy atom. The highest BCUT2D eigenvalue weighted by molar-refractivity contribution is 6.30. The number of hydrogen-bond donors (Lipinski definition) is 1. The smallest absolute Gasteiger partial charge is 0.240 e. The van der Waals surface area contributed by atoms with Crippen LogP contribution in [0.4, 0.5) is 0 Å². The molecule has 6 heteroatoms. The normalized spacial score (nSPS) is 26.2. The molecular weight excluding hydrogens is 242 g/mol. The Hall–Kier alpha value is -1.07. The number of amides is 1. The number of hydrogen-bond acceptors (Lipinski definition) is 3. The first-order valence-electron chi connectivity index (χ1n) is 5.73. The summed E-state index contributed by atoms with van der Waals surface area (Å²) in [4.78, 5) is 13.5. The summed E-state index contributed by atoms with van der Waals surface area (Å²) in [5.74, 6) is -0.108. The molecule has 1 fully saturated rings. The van der Waals surface area contributed by atoms with Gasteiger partial charge in [0.05, 0.1) is 12.1 Å². The van der Waals surface area contributed by atoms with Gasteiger partial charge in [-0.05, 0) is 12.5 Å². The minimum atomic E-state index is -0.584. The monoisotopic (exact) mass is 257 g/mol. The number of halogens is 1. The number of alkyl halides is 1. The number of carbonyl (C=O) groups excluding carboxylic acids is 1. The van der Waals surface area contributed by atoms with Gasteiger partial charge in [0.15, 0.2) is 0 Å². The minimum absolute atomic E-state index is 0.108. The average molecular weight is 258 g/mol. The van der Waals surface area contributed by atoms with Crippen molar-refractivity contribution in [2.24, 2.45) is 0 Å². The van der Waals surface area contributed by atoms with Gasteiger partial charge in [0.1, 0.15) is 5.38 Å². The van der Waals surface area contributed by atoms with E-state index in [0.29, 0.717) is 19.5 Å². The van der Waals surface area contributed by atoms with Crippen LogP contribution in [0.1, 0.15) is 19.4 Å². The van der Waals surface area contributed by atoms with Crippen LogP contribution in [0.2, 0.25) is 0 Å². The van der Waals surface area contributed by atoms with Crippen molar-refractivity contribution in [1.82, 2.24) is 14.7 Å². The van der Waals surface area contributed by atoms with E-state index in [1.54, 1.807) is 28.0 Å². The molecule has 0 saturated carbocycles. The molecule has 1 aliphatic heterocycles. The van der Waals surface area contributed by atoms with Crippen LogP contribution in [0.3, 0.4) is 0 Å². The highest BCUT2D eigenvalue weighted by Gasteiger charge is 2.36. The van der Waals surface area contributed by atoms with E-state index in [1.807, 2.05) is 6.92 Å². The SMILES string of the molecule is CCC(Cl)C(=O)N1CC(O)C(n2cccn2)C1. The quantitative estimate of drug-likeness (QED) is 0.809. The first-order chi connectivity index (χ1) is 8.13. The molecule has 94 valence electrons. The molecule has 3 unspecified atom stereocenters. The van der Waals surface area contributed by atoms with E-state index in [-0.39, 0.29) is 11.9 Å². The molecule has 0 aliphatic carbocycles. The van der Waals surface area contributed by atoms with Crippen LogP contribution in [-0.4, -0.2) is 50.3 Å². The van der Waals surface area contributed by atoms with E-state index in [4.69, 9.17) is 11.6 Å². The molecule has 0 radical (unpaired) electrons. The molecule has 1 N–H and O–H groups in total. The van der Waals surface area contributed by atoms with Gasteiger partial charge in [0, 0.05) is 25.5 Å². The molecule has 2 rings (SSSR count). The molecule has 2 heterocycles. The third kappa shape index (κ3) is 2.45. The lowest BCUT2D eigenvalue weighted by Crippen LogP contribution is -2.35. The minimum Gasteiger partial charge on any atom is -0.389 e. The van der Waals surface area contributed by atoms with Gasteiger partial charge in [0.2, 0.25) is 5.91 Å². The van der Waals surface area contributed by atoms with Crippen LogP contribution in [0.15, 0.2) is 18.5 Å². The van der Waals surface area contributed by atoms with Crippen molar-refractivity contribution in [2.75, 3.05) is 13.1 Å². The van der Waals surface area contributed by atoms with Crippen LogP contribution in [0.25, 0.3) is 0 Å². The van der Waals surface area contributed by atoms with Gasteiger partial charge in [-0.25, -0.2) is 0 Å². The van der Waals surface area contributed by atoms with E-state index in [0.717, 1.165) is 0 Å². The number of aliphatic hydroxyl groups is 1. The van der Waals surface area contributed by atoms with Gasteiger partial charge in [-0.1, -0.05) is 6.92 Å². The Kier molecular flexibility index (Phi) is 3.69. The first-order valence-corrected chi connectivity index (χ1v) is 6.17. The van der Waals surface area contributed by atoms with Gasteiger partial charge in [-0.3, -0.25) is 9.48 Å². The average Bonchev–Trinajstić information content (AvgIpc) is 2.95. The second-order valence-electron chi connectivity index (χ2n) is 4.24. The third-order valence-electron chi connectivity index (χ3n) is 3.06. The predicted octanol–water partition coefficient (Wildman–Crippen LogP) is 0.645. The number of aliphatic hydroxyl groups excluding tert-OH is 1. The van der Waals surface area contributed by atoms with Crippen LogP contribution in [-0.2, 0) is 4.79 Å². The van der Waals surface area contributed by atoms with Gasteiger partial charge >= 0.3 is 0 Å². The molecule has 0 spiro atoms. The van der Waals surface area contributed by atoms with Crippen LogP contribution >= 0.6 is 11.6 Å². The number of carbonyl (C=O) groups is 1. The van der Waals surface area contributed by atoms with Crippen molar-refractivity contribution in [3.05, 3.63) is 18.5 Å². The summed E-state index contributed by atoms with van der Waals surface area (Å²) in [7, 11) is 0. The fourth-order valence-electron chi connectivity index (χ4n) is 2.06. The van der Waals surface area contributed by atoms with Crippen LogP contribution < -0.4 is 0 Å². The summed E-state index contributed by atoms with van der Waals surface area (Å²) >= 11 is 5.92. The van der Waals surface area contributed by atoms with E-state index in [2.05, 4.69) is 5.10 Å². The Labute approximate surface area is 105 Å². The summed E-state index contributed by atoms with van der Waals surface area (Å²) < 4.78 is 1.69. The summed E-state index contributed by atoms with van der Waals surface area (Å²) in [6.07, 6.45) is 3.46. The summed E-state index contributed by atoms with van der Waals surface area (Å²) in [6, 6.07) is 1.63. The van der Waals surface area contributed by atoms with Crippen LogP contribution in [0.5, 0.6) is 0 Å². The summed E-state index contributed by atoms with van der Waals surface area (Å²) in [6.45, 7) is 2.66. The number of nitrogens with zero attached hydrogens (tertiary/aromatic N) is 3. The molecule has 1 saturated heterocycles. The molecule has 0 aromatic carbocycles. The van der Waals surface area contributed by atoms with E-state index < -0.39 is 11.5 Å². The molecule has 1 amide bonds. The highest BCUT2D eigenvalue weighted by atomic mass is 35.5. The van der Waals surface area contributed by atoms with Gasteiger partial charge in [-0.2, -0.15) is 5.10 Å². The van der Waals surface area contributed by atoms with E-state index in [1.165, 1.54) is 0 Å². The van der Waals surface area contributed by atoms with Gasteiger partial charge in [0.25, 0.3) is 0 Å². The van der Waals surface area contributed by atoms with Crippen molar-refractivity contribution >= 4 is 17.5 Å².